The zero-order valence-electron chi connectivity index (χ0n) is 9.91. The number of furan rings is 1. The van der Waals surface area contributed by atoms with Crippen LogP contribution in [-0.4, -0.2) is 18.3 Å². The Morgan fingerprint density at radius 3 is 2.83 bits per heavy atom. The van der Waals surface area contributed by atoms with Gasteiger partial charge in [-0.3, -0.25) is 4.79 Å². The Bertz CT molecular complexity index is 553. The third-order valence-corrected chi connectivity index (χ3v) is 4.08. The second-order valence-corrected chi connectivity index (χ2v) is 5.23. The van der Waals surface area contributed by atoms with E-state index in [-0.39, 0.29) is 11.3 Å². The highest BCUT2D eigenvalue weighted by molar-refractivity contribution is 6.18. The van der Waals surface area contributed by atoms with Crippen LogP contribution in [0.5, 0.6) is 0 Å². The van der Waals surface area contributed by atoms with Crippen LogP contribution >= 0.6 is 11.6 Å². The van der Waals surface area contributed by atoms with E-state index in [0.717, 1.165) is 23.8 Å². The summed E-state index contributed by atoms with van der Waals surface area (Å²) in [7, 11) is 0. The molecule has 94 valence electrons. The lowest BCUT2D eigenvalue weighted by molar-refractivity contribution is 0.0921. The second-order valence-electron chi connectivity index (χ2n) is 4.96. The minimum absolute atomic E-state index is 0.128. The molecule has 0 atom stereocenters. The summed E-state index contributed by atoms with van der Waals surface area (Å²) in [5, 5.41) is 3.84. The van der Waals surface area contributed by atoms with E-state index in [0.29, 0.717) is 18.2 Å². The van der Waals surface area contributed by atoms with Crippen molar-refractivity contribution < 1.29 is 9.21 Å². The summed E-state index contributed by atoms with van der Waals surface area (Å²) in [5.74, 6) is 0.803. The molecule has 4 heteroatoms. The molecular formula is C14H14ClNO2. The van der Waals surface area contributed by atoms with Crippen molar-refractivity contribution in [2.75, 3.05) is 12.4 Å². The number of hydrogen-bond acceptors (Lipinski definition) is 2. The third-order valence-electron chi connectivity index (χ3n) is 3.51. The number of nitrogens with one attached hydrogen (secondary N) is 1. The van der Waals surface area contributed by atoms with Crippen molar-refractivity contribution in [2.45, 2.75) is 12.8 Å². The maximum atomic E-state index is 12.0. The standard InChI is InChI=1S/C14H14ClNO2/c15-8-14(5-6-14)9-16-13(17)12-7-10-3-1-2-4-11(10)18-12/h1-4,7H,5-6,8-9H2,(H,16,17). The molecule has 1 aromatic carbocycles. The highest BCUT2D eigenvalue weighted by Crippen LogP contribution is 2.45. The van der Waals surface area contributed by atoms with E-state index >= 15 is 0 Å². The Hall–Kier alpha value is -1.48. The van der Waals surface area contributed by atoms with Gasteiger partial charge in [-0.1, -0.05) is 18.2 Å². The van der Waals surface area contributed by atoms with Crippen LogP contribution in [0.3, 0.4) is 0 Å². The predicted octanol–water partition coefficient (Wildman–Crippen LogP) is 3.18. The maximum Gasteiger partial charge on any atom is 0.287 e. The number of halogens is 1. The van der Waals surface area contributed by atoms with E-state index in [4.69, 9.17) is 16.0 Å². The lowest BCUT2D eigenvalue weighted by atomic mass is 10.1. The normalized spacial score (nSPS) is 16.7. The lowest BCUT2D eigenvalue weighted by Gasteiger charge is -2.11. The fourth-order valence-corrected chi connectivity index (χ4v) is 2.34. The highest BCUT2D eigenvalue weighted by atomic mass is 35.5. The van der Waals surface area contributed by atoms with Gasteiger partial charge >= 0.3 is 0 Å². The minimum atomic E-state index is -0.164. The van der Waals surface area contributed by atoms with Gasteiger partial charge in [0.15, 0.2) is 5.76 Å². The maximum absolute atomic E-state index is 12.0. The molecule has 0 saturated heterocycles. The molecule has 0 unspecified atom stereocenters. The van der Waals surface area contributed by atoms with Crippen molar-refractivity contribution >= 4 is 28.5 Å². The van der Waals surface area contributed by atoms with Crippen molar-refractivity contribution in [1.29, 1.82) is 0 Å². The van der Waals surface area contributed by atoms with Gasteiger partial charge in [-0.2, -0.15) is 0 Å². The number of rotatable bonds is 4. The van der Waals surface area contributed by atoms with Gasteiger partial charge in [-0.25, -0.2) is 0 Å². The summed E-state index contributed by atoms with van der Waals surface area (Å²) in [6.07, 6.45) is 2.19. The van der Waals surface area contributed by atoms with Gasteiger partial charge in [0.05, 0.1) is 0 Å². The Labute approximate surface area is 110 Å². The molecule has 1 aliphatic carbocycles. The van der Waals surface area contributed by atoms with Crippen molar-refractivity contribution in [3.05, 3.63) is 36.1 Å². The molecular weight excluding hydrogens is 250 g/mol. The molecule has 1 fully saturated rings. The van der Waals surface area contributed by atoms with Crippen molar-refractivity contribution in [3.63, 3.8) is 0 Å². The molecule has 2 aromatic rings. The van der Waals surface area contributed by atoms with Gasteiger partial charge in [-0.05, 0) is 25.0 Å². The number of hydrogen-bond donors (Lipinski definition) is 1. The van der Waals surface area contributed by atoms with Crippen molar-refractivity contribution in [3.8, 4) is 0 Å². The number of carbonyl (C=O) groups excluding carboxylic acids is 1. The summed E-state index contributed by atoms with van der Waals surface area (Å²) in [6, 6.07) is 9.36. The molecule has 1 heterocycles. The first-order chi connectivity index (χ1) is 8.72. The number of fused-ring (bicyclic) bond motifs is 1. The van der Waals surface area contributed by atoms with Gasteiger partial charge < -0.3 is 9.73 Å². The molecule has 18 heavy (non-hydrogen) atoms. The van der Waals surface area contributed by atoms with Gasteiger partial charge in [-0.15, -0.1) is 11.6 Å². The fourth-order valence-electron chi connectivity index (χ4n) is 1.98. The molecule has 0 radical (unpaired) electrons. The first-order valence-corrected chi connectivity index (χ1v) is 6.59. The van der Waals surface area contributed by atoms with Gasteiger partial charge in [0, 0.05) is 23.2 Å². The molecule has 3 nitrogen and oxygen atoms in total. The Morgan fingerprint density at radius 1 is 1.39 bits per heavy atom. The lowest BCUT2D eigenvalue weighted by Crippen LogP contribution is -2.30. The largest absolute Gasteiger partial charge is 0.451 e. The Kier molecular flexibility index (Phi) is 2.78. The van der Waals surface area contributed by atoms with E-state index < -0.39 is 0 Å². The van der Waals surface area contributed by atoms with Gasteiger partial charge in [0.25, 0.3) is 5.91 Å². The number of para-hydroxylation sites is 1. The second kappa shape index (κ2) is 4.32. The number of alkyl halides is 1. The average molecular weight is 264 g/mol. The predicted molar refractivity (Wildman–Crippen MR) is 70.9 cm³/mol. The first-order valence-electron chi connectivity index (χ1n) is 6.05. The van der Waals surface area contributed by atoms with Crippen LogP contribution in [-0.2, 0) is 0 Å². The SMILES string of the molecule is O=C(NCC1(CCl)CC1)c1cc2ccccc2o1. The zero-order valence-corrected chi connectivity index (χ0v) is 10.7. The zero-order chi connectivity index (χ0) is 12.6. The van der Waals surface area contributed by atoms with E-state index in [1.165, 1.54) is 0 Å². The smallest absolute Gasteiger partial charge is 0.287 e. The summed E-state index contributed by atoms with van der Waals surface area (Å²) < 4.78 is 5.50. The molecule has 1 saturated carbocycles. The van der Waals surface area contributed by atoms with Gasteiger partial charge in [0.2, 0.25) is 0 Å². The summed E-state index contributed by atoms with van der Waals surface area (Å²) >= 11 is 5.87. The third kappa shape index (κ3) is 2.10. The highest BCUT2D eigenvalue weighted by Gasteiger charge is 2.41. The first kappa shape index (κ1) is 11.6. The fraction of sp³-hybridized carbons (Fsp3) is 0.357. The summed E-state index contributed by atoms with van der Waals surface area (Å²) in [5.41, 5.74) is 0.865. The molecule has 0 bridgehead atoms. The molecule has 3 rings (SSSR count). The van der Waals surface area contributed by atoms with E-state index in [9.17, 15) is 4.79 Å². The summed E-state index contributed by atoms with van der Waals surface area (Å²) in [4.78, 5) is 12.0. The summed E-state index contributed by atoms with van der Waals surface area (Å²) in [6.45, 7) is 0.631. The van der Waals surface area contributed by atoms with Crippen LogP contribution in [0.4, 0.5) is 0 Å². The Balaban J connectivity index is 1.72. The quantitative estimate of drug-likeness (QED) is 0.861. The molecule has 1 aromatic heterocycles. The topological polar surface area (TPSA) is 42.2 Å². The van der Waals surface area contributed by atoms with E-state index in [1.54, 1.807) is 6.07 Å². The number of amides is 1. The monoisotopic (exact) mass is 263 g/mol. The van der Waals surface area contributed by atoms with Crippen molar-refractivity contribution in [1.82, 2.24) is 5.32 Å². The van der Waals surface area contributed by atoms with E-state index in [1.807, 2.05) is 24.3 Å². The van der Waals surface area contributed by atoms with Crippen LogP contribution in [0.25, 0.3) is 11.0 Å². The molecule has 0 spiro atoms. The molecule has 1 aliphatic rings. The molecule has 1 N–H and O–H groups in total. The molecule has 0 aliphatic heterocycles. The Morgan fingerprint density at radius 2 is 2.17 bits per heavy atom. The van der Waals surface area contributed by atoms with Crippen LogP contribution < -0.4 is 5.32 Å². The minimum Gasteiger partial charge on any atom is -0.451 e. The van der Waals surface area contributed by atoms with E-state index in [2.05, 4.69) is 5.32 Å². The number of carbonyl (C=O) groups is 1. The average Bonchev–Trinajstić information content (AvgIpc) is 3.05. The van der Waals surface area contributed by atoms with Crippen LogP contribution in [0.2, 0.25) is 0 Å². The number of benzene rings is 1. The van der Waals surface area contributed by atoms with Gasteiger partial charge in [0.1, 0.15) is 5.58 Å². The van der Waals surface area contributed by atoms with Crippen molar-refractivity contribution in [2.24, 2.45) is 5.41 Å². The van der Waals surface area contributed by atoms with Crippen LogP contribution in [0, 0.1) is 5.41 Å². The van der Waals surface area contributed by atoms with Crippen LogP contribution in [0.15, 0.2) is 34.7 Å². The molecule has 1 amide bonds. The van der Waals surface area contributed by atoms with Crippen LogP contribution in [0.1, 0.15) is 23.4 Å².